The highest BCUT2D eigenvalue weighted by molar-refractivity contribution is 7.15. The highest BCUT2D eigenvalue weighted by Gasteiger charge is 2.16. The molecule has 0 spiro atoms. The Morgan fingerprint density at radius 3 is 2.63 bits per heavy atom. The number of rotatable bonds is 5. The molecule has 0 fully saturated rings. The average Bonchev–Trinajstić information content (AvgIpc) is 3.49. The number of benzene rings is 1. The first kappa shape index (κ1) is 18.6. The molecular formula is C22H21N7S. The summed E-state index contributed by atoms with van der Waals surface area (Å²) in [6, 6.07) is 14.6. The molecule has 8 heteroatoms. The monoisotopic (exact) mass is 415 g/mol. The Labute approximate surface area is 177 Å². The maximum absolute atomic E-state index is 4.86. The number of tetrazole rings is 1. The molecule has 5 rings (SSSR count). The summed E-state index contributed by atoms with van der Waals surface area (Å²) in [7, 11) is 0. The zero-order valence-corrected chi connectivity index (χ0v) is 17.9. The molecule has 30 heavy (non-hydrogen) atoms. The van der Waals surface area contributed by atoms with E-state index in [2.05, 4.69) is 63.3 Å². The minimum absolute atomic E-state index is 0.601. The average molecular weight is 416 g/mol. The minimum atomic E-state index is 0.601. The Balaban J connectivity index is 1.54. The molecule has 0 saturated carbocycles. The van der Waals surface area contributed by atoms with Crippen molar-refractivity contribution in [2.75, 3.05) is 0 Å². The smallest absolute Gasteiger partial charge is 0.205 e. The second kappa shape index (κ2) is 7.46. The summed E-state index contributed by atoms with van der Waals surface area (Å²) < 4.78 is 2.25. The largest absolute Gasteiger partial charge is 0.307 e. The lowest BCUT2D eigenvalue weighted by Gasteiger charge is -2.07. The Morgan fingerprint density at radius 2 is 1.87 bits per heavy atom. The lowest BCUT2D eigenvalue weighted by Crippen LogP contribution is -2.04. The van der Waals surface area contributed by atoms with Gasteiger partial charge in [-0.2, -0.15) is 5.21 Å². The van der Waals surface area contributed by atoms with Crippen LogP contribution in [0.4, 0.5) is 0 Å². The van der Waals surface area contributed by atoms with Crippen molar-refractivity contribution in [3.05, 3.63) is 64.4 Å². The second-order valence-corrected chi connectivity index (χ2v) is 8.44. The van der Waals surface area contributed by atoms with Crippen LogP contribution in [0.15, 0.2) is 42.5 Å². The highest BCUT2D eigenvalue weighted by atomic mass is 32.1. The summed E-state index contributed by atoms with van der Waals surface area (Å²) in [5.74, 6) is 1.66. The number of pyridine rings is 1. The van der Waals surface area contributed by atoms with E-state index in [4.69, 9.17) is 9.97 Å². The van der Waals surface area contributed by atoms with Gasteiger partial charge in [-0.3, -0.25) is 0 Å². The van der Waals surface area contributed by atoms with Gasteiger partial charge in [0.05, 0.1) is 6.54 Å². The molecule has 7 nitrogen and oxygen atoms in total. The maximum Gasteiger partial charge on any atom is 0.205 e. The lowest BCUT2D eigenvalue weighted by atomic mass is 10.1. The molecule has 5 aromatic rings. The number of aromatic amines is 1. The molecule has 0 aliphatic rings. The van der Waals surface area contributed by atoms with Gasteiger partial charge in [0.15, 0.2) is 5.65 Å². The van der Waals surface area contributed by atoms with Crippen molar-refractivity contribution in [3.63, 3.8) is 0 Å². The van der Waals surface area contributed by atoms with Gasteiger partial charge >= 0.3 is 0 Å². The van der Waals surface area contributed by atoms with Gasteiger partial charge in [-0.05, 0) is 42.8 Å². The fourth-order valence-electron chi connectivity index (χ4n) is 3.82. The minimum Gasteiger partial charge on any atom is -0.307 e. The van der Waals surface area contributed by atoms with Crippen LogP contribution in [-0.4, -0.2) is 35.2 Å². The van der Waals surface area contributed by atoms with Crippen LogP contribution in [0.2, 0.25) is 0 Å². The predicted octanol–water partition coefficient (Wildman–Crippen LogP) is 4.57. The zero-order valence-electron chi connectivity index (χ0n) is 17.0. The van der Waals surface area contributed by atoms with Crippen molar-refractivity contribution in [2.45, 2.75) is 33.7 Å². The third-order valence-corrected chi connectivity index (χ3v) is 6.27. The molecule has 4 aromatic heterocycles. The molecule has 0 bridgehead atoms. The van der Waals surface area contributed by atoms with Crippen molar-refractivity contribution in [1.29, 1.82) is 0 Å². The fourth-order valence-corrected chi connectivity index (χ4v) is 4.85. The third-order valence-electron chi connectivity index (χ3n) is 5.17. The molecule has 4 heterocycles. The first-order valence-corrected chi connectivity index (χ1v) is 10.7. The van der Waals surface area contributed by atoms with Crippen LogP contribution in [0.1, 0.15) is 28.9 Å². The number of hydrogen-bond acceptors (Lipinski definition) is 6. The van der Waals surface area contributed by atoms with E-state index >= 15 is 0 Å². The van der Waals surface area contributed by atoms with Gasteiger partial charge < -0.3 is 4.57 Å². The van der Waals surface area contributed by atoms with E-state index in [1.54, 1.807) is 11.3 Å². The van der Waals surface area contributed by atoms with Crippen LogP contribution in [-0.2, 0) is 13.0 Å². The molecule has 0 radical (unpaired) electrons. The number of nitrogens with zero attached hydrogens (tertiary/aromatic N) is 6. The van der Waals surface area contributed by atoms with E-state index < -0.39 is 0 Å². The van der Waals surface area contributed by atoms with Crippen molar-refractivity contribution in [3.8, 4) is 21.8 Å². The number of H-pyrrole nitrogens is 1. The van der Waals surface area contributed by atoms with Gasteiger partial charge in [0.1, 0.15) is 11.3 Å². The predicted molar refractivity (Wildman–Crippen MR) is 118 cm³/mol. The number of nitrogens with one attached hydrogen (secondary N) is 1. The molecule has 0 saturated heterocycles. The third kappa shape index (κ3) is 3.19. The first-order chi connectivity index (χ1) is 14.6. The van der Waals surface area contributed by atoms with Gasteiger partial charge in [-0.15, -0.1) is 21.5 Å². The van der Waals surface area contributed by atoms with Gasteiger partial charge in [0.25, 0.3) is 0 Å². The van der Waals surface area contributed by atoms with Gasteiger partial charge in [-0.1, -0.05) is 31.2 Å². The highest BCUT2D eigenvalue weighted by Crippen LogP contribution is 2.35. The van der Waals surface area contributed by atoms with E-state index in [-0.39, 0.29) is 0 Å². The molecule has 0 aliphatic carbocycles. The molecule has 1 N–H and O–H groups in total. The Bertz CT molecular complexity index is 1330. The van der Waals surface area contributed by atoms with Crippen LogP contribution in [0.3, 0.4) is 0 Å². The number of fused-ring (bicyclic) bond motifs is 1. The van der Waals surface area contributed by atoms with Crippen molar-refractivity contribution in [2.24, 2.45) is 0 Å². The number of aryl methyl sites for hydroxylation is 3. The van der Waals surface area contributed by atoms with E-state index in [0.29, 0.717) is 5.82 Å². The number of aromatic nitrogens is 7. The fraction of sp³-hybridized carbons (Fsp3) is 0.227. The first-order valence-electron chi connectivity index (χ1n) is 9.89. The lowest BCUT2D eigenvalue weighted by molar-refractivity contribution is 0.753. The summed E-state index contributed by atoms with van der Waals surface area (Å²) in [6.07, 6.45) is 0.869. The number of hydrogen-bond donors (Lipinski definition) is 1. The van der Waals surface area contributed by atoms with E-state index in [1.807, 2.05) is 25.1 Å². The summed E-state index contributed by atoms with van der Waals surface area (Å²) in [5, 5.41) is 14.5. The zero-order chi connectivity index (χ0) is 20.7. The second-order valence-electron chi connectivity index (χ2n) is 7.27. The molecule has 0 unspecified atom stereocenters. The molecule has 0 amide bonds. The standard InChI is InChI=1S/C22H21N7S/c1-4-19-24-20-13(2)11-14(3)23-22(20)29(19)12-15-9-10-18(30-15)16-7-5-6-8-17(16)21-25-27-28-26-21/h5-11H,4,12H2,1-3H3,(H,25,26,27,28). The quantitative estimate of drug-likeness (QED) is 0.455. The van der Waals surface area contributed by atoms with Crippen LogP contribution >= 0.6 is 11.3 Å². The van der Waals surface area contributed by atoms with Crippen LogP contribution in [0.5, 0.6) is 0 Å². The van der Waals surface area contributed by atoms with Gasteiger partial charge in [-0.25, -0.2) is 9.97 Å². The summed E-state index contributed by atoms with van der Waals surface area (Å²) in [5.41, 5.74) is 6.22. The molecule has 150 valence electrons. The molecule has 0 atom stereocenters. The topological polar surface area (TPSA) is 85.2 Å². The molecular weight excluding hydrogens is 394 g/mol. The van der Waals surface area contributed by atoms with E-state index in [0.717, 1.165) is 46.8 Å². The van der Waals surface area contributed by atoms with Crippen LogP contribution < -0.4 is 0 Å². The summed E-state index contributed by atoms with van der Waals surface area (Å²) >= 11 is 1.77. The SMILES string of the molecule is CCc1nc2c(C)cc(C)nc2n1Cc1ccc(-c2ccccc2-c2nn[nH]n2)s1. The van der Waals surface area contributed by atoms with E-state index in [9.17, 15) is 0 Å². The van der Waals surface area contributed by atoms with Gasteiger partial charge in [0.2, 0.25) is 5.82 Å². The summed E-state index contributed by atoms with van der Waals surface area (Å²) in [6.45, 7) is 7.03. The normalized spacial score (nSPS) is 11.4. The van der Waals surface area contributed by atoms with Crippen molar-refractivity contribution < 1.29 is 0 Å². The molecule has 0 aliphatic heterocycles. The van der Waals surface area contributed by atoms with Crippen LogP contribution in [0.25, 0.3) is 33.0 Å². The van der Waals surface area contributed by atoms with Gasteiger partial charge in [0, 0.05) is 33.0 Å². The van der Waals surface area contributed by atoms with Crippen LogP contribution in [0, 0.1) is 13.8 Å². The Hall–Kier alpha value is -3.39. The number of imidazole rings is 1. The maximum atomic E-state index is 4.86. The Morgan fingerprint density at radius 1 is 1.03 bits per heavy atom. The number of thiophene rings is 1. The van der Waals surface area contributed by atoms with E-state index in [1.165, 1.54) is 15.3 Å². The summed E-state index contributed by atoms with van der Waals surface area (Å²) in [4.78, 5) is 12.1. The van der Waals surface area contributed by atoms with Crippen molar-refractivity contribution >= 4 is 22.5 Å². The van der Waals surface area contributed by atoms with Crippen molar-refractivity contribution in [1.82, 2.24) is 35.2 Å². The Kier molecular flexibility index (Phi) is 4.63. The molecule has 1 aromatic carbocycles.